The van der Waals surface area contributed by atoms with E-state index in [9.17, 15) is 20.1 Å². The van der Waals surface area contributed by atoms with Crippen molar-refractivity contribution in [2.75, 3.05) is 6.61 Å². The summed E-state index contributed by atoms with van der Waals surface area (Å²) in [5.74, 6) is -0.494. The number of aliphatic hydroxyl groups is 4. The third-order valence-corrected chi connectivity index (χ3v) is 3.33. The van der Waals surface area contributed by atoms with Crippen molar-refractivity contribution in [2.24, 2.45) is 0 Å². The van der Waals surface area contributed by atoms with Gasteiger partial charge < -0.3 is 34.6 Å². The molecule has 8 nitrogen and oxygen atoms in total. The summed E-state index contributed by atoms with van der Waals surface area (Å²) < 4.78 is 15.6. The molecule has 0 aromatic rings. The second-order valence-electron chi connectivity index (χ2n) is 4.80. The minimum Gasteiger partial charge on any atom is -0.456 e. The van der Waals surface area contributed by atoms with Crippen LogP contribution in [0.2, 0.25) is 0 Å². The number of rotatable bonds is 3. The van der Waals surface area contributed by atoms with Crippen LogP contribution >= 0.6 is 0 Å². The van der Waals surface area contributed by atoms with E-state index in [1.807, 2.05) is 0 Å². The molecule has 0 radical (unpaired) electrons. The van der Waals surface area contributed by atoms with E-state index in [2.05, 4.69) is 0 Å². The molecule has 114 valence electrons. The van der Waals surface area contributed by atoms with Crippen molar-refractivity contribution in [3.05, 3.63) is 12.2 Å². The van der Waals surface area contributed by atoms with E-state index in [4.69, 9.17) is 19.3 Å². The molecule has 2 heterocycles. The van der Waals surface area contributed by atoms with Crippen LogP contribution in [0.1, 0.15) is 6.92 Å². The minimum absolute atomic E-state index is 0.494. The van der Waals surface area contributed by atoms with Crippen LogP contribution in [0, 0.1) is 0 Å². The Balaban J connectivity index is 2.04. The summed E-state index contributed by atoms with van der Waals surface area (Å²) in [5.41, 5.74) is 0. The normalized spacial score (nSPS) is 45.2. The molecular formula is C12H18O8. The fourth-order valence-electron chi connectivity index (χ4n) is 2.11. The minimum atomic E-state index is -1.50. The molecule has 0 aromatic heterocycles. The first-order valence-electron chi connectivity index (χ1n) is 6.29. The van der Waals surface area contributed by atoms with E-state index in [1.54, 1.807) is 6.92 Å². The lowest BCUT2D eigenvalue weighted by molar-refractivity contribution is -0.312. The zero-order valence-corrected chi connectivity index (χ0v) is 10.8. The van der Waals surface area contributed by atoms with Gasteiger partial charge in [0.05, 0.1) is 6.61 Å². The maximum atomic E-state index is 11.0. The van der Waals surface area contributed by atoms with Crippen LogP contribution in [0.15, 0.2) is 12.2 Å². The van der Waals surface area contributed by atoms with Crippen LogP contribution in [0.5, 0.6) is 0 Å². The van der Waals surface area contributed by atoms with Crippen molar-refractivity contribution in [1.82, 2.24) is 0 Å². The quantitative estimate of drug-likeness (QED) is 0.427. The molecule has 2 aliphatic rings. The number of carbonyl (C=O) groups is 1. The van der Waals surface area contributed by atoms with Gasteiger partial charge in [0.15, 0.2) is 6.29 Å². The van der Waals surface area contributed by atoms with Gasteiger partial charge in [0.2, 0.25) is 0 Å². The average Bonchev–Trinajstić information content (AvgIpc) is 2.42. The number of hydrogen-bond acceptors (Lipinski definition) is 8. The number of esters is 1. The summed E-state index contributed by atoms with van der Waals surface area (Å²) in [6, 6.07) is 0. The standard InChI is InChI=1S/C12H18O8/c1-5-6(2-3-8(14)18-5)19-12-11(17)10(16)9(15)7(4-13)20-12/h2-3,5-7,9-13,15-17H,4H2,1H3/t5-,6-,7-,9+,10+,11-,12-/m0/s1. The van der Waals surface area contributed by atoms with Crippen LogP contribution in [0.4, 0.5) is 0 Å². The molecule has 0 amide bonds. The highest BCUT2D eigenvalue weighted by Crippen LogP contribution is 2.25. The Labute approximate surface area is 115 Å². The molecule has 8 heteroatoms. The fourth-order valence-corrected chi connectivity index (χ4v) is 2.11. The van der Waals surface area contributed by atoms with Gasteiger partial charge in [0.1, 0.15) is 36.6 Å². The van der Waals surface area contributed by atoms with Crippen LogP contribution in [-0.4, -0.2) is 75.9 Å². The second-order valence-corrected chi connectivity index (χ2v) is 4.80. The van der Waals surface area contributed by atoms with E-state index < -0.39 is 55.5 Å². The highest BCUT2D eigenvalue weighted by molar-refractivity contribution is 5.83. The Morgan fingerprint density at radius 1 is 1.25 bits per heavy atom. The molecule has 2 rings (SSSR count). The molecular weight excluding hydrogens is 272 g/mol. The lowest BCUT2D eigenvalue weighted by Gasteiger charge is -2.41. The maximum Gasteiger partial charge on any atom is 0.330 e. The molecule has 4 N–H and O–H groups in total. The zero-order valence-electron chi connectivity index (χ0n) is 10.8. The monoisotopic (exact) mass is 290 g/mol. The smallest absolute Gasteiger partial charge is 0.330 e. The van der Waals surface area contributed by atoms with Gasteiger partial charge in [0, 0.05) is 6.08 Å². The molecule has 7 atom stereocenters. The predicted octanol–water partition coefficient (Wildman–Crippen LogP) is -2.33. The lowest BCUT2D eigenvalue weighted by atomic mass is 9.99. The van der Waals surface area contributed by atoms with Gasteiger partial charge in [-0.2, -0.15) is 0 Å². The van der Waals surface area contributed by atoms with E-state index in [0.717, 1.165) is 0 Å². The molecule has 0 bridgehead atoms. The van der Waals surface area contributed by atoms with Gasteiger partial charge in [-0.1, -0.05) is 0 Å². The predicted molar refractivity (Wildman–Crippen MR) is 63.3 cm³/mol. The summed E-state index contributed by atoms with van der Waals surface area (Å²) in [7, 11) is 0. The SMILES string of the molecule is C[C@@H]1OC(=O)C=C[C@@H]1O[C@H]1O[C@@H](CO)[C@@H](O)[C@@H](O)[C@@H]1O. The molecule has 0 spiro atoms. The molecule has 0 saturated carbocycles. The Morgan fingerprint density at radius 3 is 2.55 bits per heavy atom. The first-order chi connectivity index (χ1) is 9.43. The van der Waals surface area contributed by atoms with Gasteiger partial charge in [-0.05, 0) is 13.0 Å². The van der Waals surface area contributed by atoms with Crippen LogP contribution in [0.3, 0.4) is 0 Å². The summed E-state index contributed by atoms with van der Waals surface area (Å²) >= 11 is 0. The highest BCUT2D eigenvalue weighted by atomic mass is 16.7. The Morgan fingerprint density at radius 2 is 1.95 bits per heavy atom. The van der Waals surface area contributed by atoms with E-state index in [1.165, 1.54) is 12.2 Å². The number of aliphatic hydroxyl groups excluding tert-OH is 4. The van der Waals surface area contributed by atoms with Crippen molar-refractivity contribution in [3.8, 4) is 0 Å². The van der Waals surface area contributed by atoms with Crippen LogP contribution in [0.25, 0.3) is 0 Å². The lowest BCUT2D eigenvalue weighted by Crippen LogP contribution is -2.60. The van der Waals surface area contributed by atoms with E-state index >= 15 is 0 Å². The molecule has 1 fully saturated rings. The summed E-state index contributed by atoms with van der Waals surface area (Å²) in [6.45, 7) is 1.08. The second kappa shape index (κ2) is 6.17. The third kappa shape index (κ3) is 3.00. The van der Waals surface area contributed by atoms with Crippen molar-refractivity contribution < 1.29 is 39.4 Å². The number of carbonyl (C=O) groups excluding carboxylic acids is 1. The molecule has 0 aliphatic carbocycles. The summed E-state index contributed by atoms with van der Waals surface area (Å²) in [4.78, 5) is 11.0. The summed E-state index contributed by atoms with van der Waals surface area (Å²) in [5, 5.41) is 38.1. The van der Waals surface area contributed by atoms with Crippen molar-refractivity contribution in [3.63, 3.8) is 0 Å². The number of cyclic esters (lactones) is 1. The third-order valence-electron chi connectivity index (χ3n) is 3.33. The molecule has 20 heavy (non-hydrogen) atoms. The fraction of sp³-hybridized carbons (Fsp3) is 0.750. The molecule has 2 aliphatic heterocycles. The molecule has 0 aromatic carbocycles. The molecule has 1 saturated heterocycles. The number of hydrogen-bond donors (Lipinski definition) is 4. The highest BCUT2D eigenvalue weighted by Gasteiger charge is 2.45. The zero-order chi connectivity index (χ0) is 14.9. The van der Waals surface area contributed by atoms with Gasteiger partial charge in [-0.15, -0.1) is 0 Å². The number of ether oxygens (including phenoxy) is 3. The Hall–Kier alpha value is -1.03. The summed E-state index contributed by atoms with van der Waals surface area (Å²) in [6.07, 6.45) is -5.31. The largest absolute Gasteiger partial charge is 0.456 e. The van der Waals surface area contributed by atoms with E-state index in [0.29, 0.717) is 0 Å². The first-order valence-corrected chi connectivity index (χ1v) is 6.29. The van der Waals surface area contributed by atoms with Crippen molar-refractivity contribution in [2.45, 2.75) is 49.8 Å². The average molecular weight is 290 g/mol. The Kier molecular flexibility index (Phi) is 4.74. The van der Waals surface area contributed by atoms with Crippen molar-refractivity contribution in [1.29, 1.82) is 0 Å². The van der Waals surface area contributed by atoms with Crippen LogP contribution < -0.4 is 0 Å². The van der Waals surface area contributed by atoms with Gasteiger partial charge in [0.25, 0.3) is 0 Å². The molecule has 0 unspecified atom stereocenters. The van der Waals surface area contributed by atoms with E-state index in [-0.39, 0.29) is 0 Å². The van der Waals surface area contributed by atoms with Crippen LogP contribution in [-0.2, 0) is 19.0 Å². The Bertz CT molecular complexity index is 382. The van der Waals surface area contributed by atoms with Gasteiger partial charge in [-0.3, -0.25) is 0 Å². The van der Waals surface area contributed by atoms with Gasteiger partial charge in [-0.25, -0.2) is 4.79 Å². The van der Waals surface area contributed by atoms with Gasteiger partial charge >= 0.3 is 5.97 Å². The first kappa shape index (κ1) is 15.4. The topological polar surface area (TPSA) is 126 Å². The van der Waals surface area contributed by atoms with Crippen molar-refractivity contribution >= 4 is 5.97 Å². The maximum absolute atomic E-state index is 11.0.